The largest absolute Gasteiger partial charge is 0.394 e. The van der Waals surface area contributed by atoms with E-state index in [0.29, 0.717) is 6.54 Å². The van der Waals surface area contributed by atoms with Crippen LogP contribution in [0.3, 0.4) is 0 Å². The maximum absolute atomic E-state index is 13.5. The smallest absolute Gasteiger partial charge is 0.254 e. The Bertz CT molecular complexity index is 480. The zero-order chi connectivity index (χ0) is 14.7. The van der Waals surface area contributed by atoms with E-state index in [0.717, 1.165) is 44.2 Å². The van der Waals surface area contributed by atoms with Crippen molar-refractivity contribution in [2.45, 2.75) is 45.1 Å². The van der Waals surface area contributed by atoms with Gasteiger partial charge in [-0.1, -0.05) is 13.3 Å². The Morgan fingerprint density at radius 2 is 2.00 bits per heavy atom. The molecule has 0 spiro atoms. The first-order chi connectivity index (χ1) is 9.54. The highest BCUT2D eigenvalue weighted by Gasteiger charge is 2.27. The summed E-state index contributed by atoms with van der Waals surface area (Å²) >= 11 is 0. The molecule has 110 valence electrons. The molecular formula is C15H20F2N2O. The van der Waals surface area contributed by atoms with E-state index >= 15 is 0 Å². The molecule has 0 radical (unpaired) electrons. The van der Waals surface area contributed by atoms with Crippen LogP contribution in [0.4, 0.5) is 14.5 Å². The average Bonchev–Trinajstić information content (AvgIpc) is 2.44. The molecule has 5 heteroatoms. The number of benzene rings is 1. The van der Waals surface area contributed by atoms with Gasteiger partial charge in [0.2, 0.25) is 0 Å². The standard InChI is InChI=1S/C15H20F2N2O/c1-2-5-11-6-3-4-7-19(11)15(20)10-8-12(16)14(18)13(17)9-10/h8-9,11H,2-7,18H2,1H3. The summed E-state index contributed by atoms with van der Waals surface area (Å²) in [5.41, 5.74) is 4.73. The zero-order valence-electron chi connectivity index (χ0n) is 11.7. The third-order valence-corrected chi connectivity index (χ3v) is 3.84. The van der Waals surface area contributed by atoms with Crippen LogP contribution in [0.2, 0.25) is 0 Å². The molecule has 20 heavy (non-hydrogen) atoms. The lowest BCUT2D eigenvalue weighted by atomic mass is 9.97. The van der Waals surface area contributed by atoms with Gasteiger partial charge in [-0.15, -0.1) is 0 Å². The van der Waals surface area contributed by atoms with Crippen LogP contribution in [-0.2, 0) is 0 Å². The molecule has 1 aliphatic rings. The van der Waals surface area contributed by atoms with Crippen molar-refractivity contribution in [3.8, 4) is 0 Å². The van der Waals surface area contributed by atoms with Gasteiger partial charge in [-0.25, -0.2) is 8.78 Å². The fourth-order valence-corrected chi connectivity index (χ4v) is 2.77. The third kappa shape index (κ3) is 2.92. The van der Waals surface area contributed by atoms with Gasteiger partial charge in [-0.2, -0.15) is 0 Å². The van der Waals surface area contributed by atoms with E-state index in [2.05, 4.69) is 6.92 Å². The van der Waals surface area contributed by atoms with Crippen molar-refractivity contribution in [3.05, 3.63) is 29.3 Å². The van der Waals surface area contributed by atoms with Crippen molar-refractivity contribution < 1.29 is 13.6 Å². The number of carbonyl (C=O) groups excluding carboxylic acids is 1. The molecule has 3 nitrogen and oxygen atoms in total. The van der Waals surface area contributed by atoms with Gasteiger partial charge in [-0.3, -0.25) is 4.79 Å². The molecular weight excluding hydrogens is 262 g/mol. The first-order valence-corrected chi connectivity index (χ1v) is 7.10. The SMILES string of the molecule is CCCC1CCCCN1C(=O)c1cc(F)c(N)c(F)c1. The van der Waals surface area contributed by atoms with Gasteiger partial charge in [0, 0.05) is 18.2 Å². The van der Waals surface area contributed by atoms with Gasteiger partial charge in [0.15, 0.2) is 0 Å². The third-order valence-electron chi connectivity index (χ3n) is 3.84. The molecule has 1 unspecified atom stereocenters. The first kappa shape index (κ1) is 14.8. The summed E-state index contributed by atoms with van der Waals surface area (Å²) in [5.74, 6) is -2.06. The number of hydrogen-bond donors (Lipinski definition) is 1. The minimum Gasteiger partial charge on any atom is -0.394 e. The van der Waals surface area contributed by atoms with Gasteiger partial charge in [0.25, 0.3) is 5.91 Å². The molecule has 1 fully saturated rings. The number of halogens is 2. The van der Waals surface area contributed by atoms with Gasteiger partial charge in [0.05, 0.1) is 0 Å². The number of rotatable bonds is 3. The summed E-state index contributed by atoms with van der Waals surface area (Å²) in [4.78, 5) is 14.2. The van der Waals surface area contributed by atoms with Crippen LogP contribution in [0.1, 0.15) is 49.4 Å². The lowest BCUT2D eigenvalue weighted by molar-refractivity contribution is 0.0599. The predicted octanol–water partition coefficient (Wildman–Crippen LogP) is 3.34. The van der Waals surface area contributed by atoms with Crippen molar-refractivity contribution in [1.82, 2.24) is 4.90 Å². The lowest BCUT2D eigenvalue weighted by Gasteiger charge is -2.36. The Morgan fingerprint density at radius 1 is 1.35 bits per heavy atom. The summed E-state index contributed by atoms with van der Waals surface area (Å²) in [6, 6.07) is 2.22. The highest BCUT2D eigenvalue weighted by atomic mass is 19.1. The van der Waals surface area contributed by atoms with E-state index in [-0.39, 0.29) is 17.5 Å². The van der Waals surface area contributed by atoms with Crippen LogP contribution in [0.5, 0.6) is 0 Å². The molecule has 1 saturated heterocycles. The Labute approximate surface area is 117 Å². The van der Waals surface area contributed by atoms with Gasteiger partial charge in [-0.05, 0) is 37.8 Å². The maximum Gasteiger partial charge on any atom is 0.254 e. The summed E-state index contributed by atoms with van der Waals surface area (Å²) in [7, 11) is 0. The van der Waals surface area contributed by atoms with E-state index in [1.54, 1.807) is 4.90 Å². The van der Waals surface area contributed by atoms with Gasteiger partial charge >= 0.3 is 0 Å². The summed E-state index contributed by atoms with van der Waals surface area (Å²) in [6.07, 6.45) is 4.90. The van der Waals surface area contributed by atoms with Crippen molar-refractivity contribution in [3.63, 3.8) is 0 Å². The number of hydrogen-bond acceptors (Lipinski definition) is 2. The van der Waals surface area contributed by atoms with Crippen LogP contribution in [0, 0.1) is 11.6 Å². The number of nitrogens with zero attached hydrogens (tertiary/aromatic N) is 1. The number of amides is 1. The number of likely N-dealkylation sites (tertiary alicyclic amines) is 1. The fourth-order valence-electron chi connectivity index (χ4n) is 2.77. The second-order valence-electron chi connectivity index (χ2n) is 5.29. The second-order valence-corrected chi connectivity index (χ2v) is 5.29. The molecule has 0 aliphatic carbocycles. The van der Waals surface area contributed by atoms with Crippen molar-refractivity contribution in [2.24, 2.45) is 0 Å². The average molecular weight is 282 g/mol. The molecule has 0 saturated carbocycles. The van der Waals surface area contributed by atoms with Crippen molar-refractivity contribution >= 4 is 11.6 Å². The number of piperidine rings is 1. The van der Waals surface area contributed by atoms with Crippen LogP contribution < -0.4 is 5.73 Å². The van der Waals surface area contributed by atoms with E-state index in [1.807, 2.05) is 0 Å². The summed E-state index contributed by atoms with van der Waals surface area (Å²) in [6.45, 7) is 2.72. The normalized spacial score (nSPS) is 19.1. The number of nitrogen functional groups attached to an aromatic ring is 1. The Morgan fingerprint density at radius 3 is 2.60 bits per heavy atom. The van der Waals surface area contributed by atoms with Crippen molar-refractivity contribution in [1.29, 1.82) is 0 Å². The minimum absolute atomic E-state index is 0.0391. The van der Waals surface area contributed by atoms with Gasteiger partial charge in [0.1, 0.15) is 17.3 Å². The Balaban J connectivity index is 2.25. The molecule has 1 aromatic carbocycles. The highest BCUT2D eigenvalue weighted by Crippen LogP contribution is 2.25. The molecule has 1 aliphatic heterocycles. The van der Waals surface area contributed by atoms with E-state index in [1.165, 1.54) is 0 Å². The monoisotopic (exact) mass is 282 g/mol. The fraction of sp³-hybridized carbons (Fsp3) is 0.533. The molecule has 0 bridgehead atoms. The second kappa shape index (κ2) is 6.20. The molecule has 0 aromatic heterocycles. The topological polar surface area (TPSA) is 46.3 Å². The number of carbonyl (C=O) groups is 1. The Hall–Kier alpha value is -1.65. The van der Waals surface area contributed by atoms with Crippen LogP contribution >= 0.6 is 0 Å². The molecule has 1 amide bonds. The van der Waals surface area contributed by atoms with E-state index in [4.69, 9.17) is 5.73 Å². The molecule has 1 atom stereocenters. The highest BCUT2D eigenvalue weighted by molar-refractivity contribution is 5.95. The van der Waals surface area contributed by atoms with Gasteiger partial charge < -0.3 is 10.6 Å². The quantitative estimate of drug-likeness (QED) is 0.864. The summed E-state index contributed by atoms with van der Waals surface area (Å²) in [5, 5.41) is 0. The maximum atomic E-state index is 13.5. The van der Waals surface area contributed by atoms with Crippen LogP contribution in [0.25, 0.3) is 0 Å². The lowest BCUT2D eigenvalue weighted by Crippen LogP contribution is -2.43. The van der Waals surface area contributed by atoms with E-state index < -0.39 is 17.3 Å². The Kier molecular flexibility index (Phi) is 4.57. The zero-order valence-corrected chi connectivity index (χ0v) is 11.7. The van der Waals surface area contributed by atoms with Crippen LogP contribution in [-0.4, -0.2) is 23.4 Å². The number of nitrogens with two attached hydrogens (primary N) is 1. The predicted molar refractivity (Wildman–Crippen MR) is 74.4 cm³/mol. The van der Waals surface area contributed by atoms with Crippen molar-refractivity contribution in [2.75, 3.05) is 12.3 Å². The summed E-state index contributed by atoms with van der Waals surface area (Å²) < 4.78 is 27.0. The molecule has 2 N–H and O–H groups in total. The molecule has 1 heterocycles. The molecule has 2 rings (SSSR count). The number of anilines is 1. The molecule has 1 aromatic rings. The van der Waals surface area contributed by atoms with E-state index in [9.17, 15) is 13.6 Å². The van der Waals surface area contributed by atoms with Crippen LogP contribution in [0.15, 0.2) is 12.1 Å². The first-order valence-electron chi connectivity index (χ1n) is 7.10. The minimum atomic E-state index is -0.877.